The molecule has 1 fully saturated rings. The average molecular weight is 453 g/mol. The average Bonchev–Trinajstić information content (AvgIpc) is 3.11. The molecule has 2 aromatic rings. The van der Waals surface area contributed by atoms with Crippen LogP contribution in [-0.2, 0) is 16.1 Å². The second-order valence-corrected chi connectivity index (χ2v) is 7.53. The Bertz CT molecular complexity index is 940. The van der Waals surface area contributed by atoms with Crippen LogP contribution < -0.4 is 14.4 Å². The summed E-state index contributed by atoms with van der Waals surface area (Å²) in [6.07, 6.45) is 0.413. The van der Waals surface area contributed by atoms with Crippen LogP contribution in [0.3, 0.4) is 0 Å². The Morgan fingerprint density at radius 1 is 1.23 bits per heavy atom. The van der Waals surface area contributed by atoms with Crippen molar-refractivity contribution in [2.24, 2.45) is 5.92 Å². The van der Waals surface area contributed by atoms with E-state index in [2.05, 4.69) is 4.74 Å². The van der Waals surface area contributed by atoms with E-state index in [0.29, 0.717) is 29.2 Å². The predicted molar refractivity (Wildman–Crippen MR) is 113 cm³/mol. The van der Waals surface area contributed by atoms with Gasteiger partial charge in [0, 0.05) is 30.8 Å². The topological polar surface area (TPSA) is 59.1 Å². The summed E-state index contributed by atoms with van der Waals surface area (Å²) in [6, 6.07) is 11.4. The van der Waals surface area contributed by atoms with Gasteiger partial charge < -0.3 is 19.3 Å². The van der Waals surface area contributed by atoms with Gasteiger partial charge >= 0.3 is 6.61 Å². The van der Waals surface area contributed by atoms with E-state index in [1.54, 1.807) is 55.3 Å². The lowest BCUT2D eigenvalue weighted by Crippen LogP contribution is -2.37. The molecule has 31 heavy (non-hydrogen) atoms. The Labute approximate surface area is 184 Å². The molecular formula is C22H23ClF2N2O4. The van der Waals surface area contributed by atoms with Crippen molar-refractivity contribution in [1.82, 2.24) is 4.90 Å². The molecule has 0 N–H and O–H groups in total. The van der Waals surface area contributed by atoms with Gasteiger partial charge in [0.15, 0.2) is 11.5 Å². The number of alkyl halides is 2. The predicted octanol–water partition coefficient (Wildman–Crippen LogP) is 4.35. The summed E-state index contributed by atoms with van der Waals surface area (Å²) in [5, 5.41) is 0.569. The molecule has 1 saturated heterocycles. The molecule has 166 valence electrons. The van der Waals surface area contributed by atoms with Gasteiger partial charge in [-0.1, -0.05) is 17.7 Å². The molecule has 6 nitrogen and oxygen atoms in total. The minimum atomic E-state index is -2.97. The van der Waals surface area contributed by atoms with Crippen LogP contribution in [0.1, 0.15) is 18.9 Å². The number of anilines is 1. The molecule has 1 unspecified atom stereocenters. The van der Waals surface area contributed by atoms with E-state index < -0.39 is 12.5 Å². The van der Waals surface area contributed by atoms with E-state index in [-0.39, 0.29) is 36.5 Å². The zero-order valence-electron chi connectivity index (χ0n) is 17.2. The number of carbonyl (C=O) groups excluding carboxylic acids is 2. The zero-order chi connectivity index (χ0) is 22.5. The molecular weight excluding hydrogens is 430 g/mol. The summed E-state index contributed by atoms with van der Waals surface area (Å²) in [5.41, 5.74) is 1.37. The summed E-state index contributed by atoms with van der Waals surface area (Å²) in [6.45, 7) is -0.329. The number of amides is 2. The molecule has 1 aliphatic rings. The normalized spacial score (nSPS) is 16.0. The Hall–Kier alpha value is -2.87. The third kappa shape index (κ3) is 5.44. The number of benzene rings is 2. The van der Waals surface area contributed by atoms with Crippen molar-refractivity contribution in [3.05, 3.63) is 53.1 Å². The molecule has 3 rings (SSSR count). The Balaban J connectivity index is 1.68. The fourth-order valence-electron chi connectivity index (χ4n) is 3.52. The molecule has 0 spiro atoms. The maximum atomic E-state index is 12.9. The molecule has 9 heteroatoms. The Morgan fingerprint density at radius 2 is 1.94 bits per heavy atom. The van der Waals surface area contributed by atoms with E-state index >= 15 is 0 Å². The monoisotopic (exact) mass is 452 g/mol. The molecule has 0 saturated carbocycles. The highest BCUT2D eigenvalue weighted by Crippen LogP contribution is 2.31. The number of ether oxygens (including phenoxy) is 2. The zero-order valence-corrected chi connectivity index (χ0v) is 17.9. The standard InChI is InChI=1S/C22H23ClF2N2O4/c1-3-30-19-12-14(4-9-18(19)31-22(24)25)13-26(2)20(28)17-10-11-27(21(17)29)16-7-5-15(23)6-8-16/h4-9,12,17,22H,3,10-11,13H2,1-2H3. The van der Waals surface area contributed by atoms with Crippen LogP contribution >= 0.6 is 11.6 Å². The number of hydrogen-bond donors (Lipinski definition) is 0. The first kappa shape index (κ1) is 22.8. The van der Waals surface area contributed by atoms with Crippen LogP contribution in [0.5, 0.6) is 11.5 Å². The molecule has 0 bridgehead atoms. The van der Waals surface area contributed by atoms with Crippen LogP contribution in [0, 0.1) is 5.92 Å². The third-order valence-corrected chi connectivity index (χ3v) is 5.21. The van der Waals surface area contributed by atoms with Gasteiger partial charge in [-0.05, 0) is 55.3 Å². The van der Waals surface area contributed by atoms with Gasteiger partial charge in [0.1, 0.15) is 5.92 Å². The van der Waals surface area contributed by atoms with E-state index in [0.717, 1.165) is 0 Å². The smallest absolute Gasteiger partial charge is 0.387 e. The molecule has 1 atom stereocenters. The van der Waals surface area contributed by atoms with E-state index in [4.69, 9.17) is 16.3 Å². The van der Waals surface area contributed by atoms with Crippen molar-refractivity contribution in [3.8, 4) is 11.5 Å². The van der Waals surface area contributed by atoms with Crippen LogP contribution in [0.15, 0.2) is 42.5 Å². The van der Waals surface area contributed by atoms with Crippen molar-refractivity contribution >= 4 is 29.1 Å². The first-order valence-corrected chi connectivity index (χ1v) is 10.2. The maximum absolute atomic E-state index is 12.9. The fraction of sp³-hybridized carbons (Fsp3) is 0.364. The maximum Gasteiger partial charge on any atom is 0.387 e. The van der Waals surface area contributed by atoms with Gasteiger partial charge in [0.25, 0.3) is 0 Å². The molecule has 2 amide bonds. The van der Waals surface area contributed by atoms with Gasteiger partial charge in [-0.25, -0.2) is 0 Å². The number of halogens is 3. The molecule has 0 radical (unpaired) electrons. The van der Waals surface area contributed by atoms with Crippen LogP contribution in [0.2, 0.25) is 5.02 Å². The van der Waals surface area contributed by atoms with Gasteiger partial charge in [-0.2, -0.15) is 8.78 Å². The van der Waals surface area contributed by atoms with Crippen LogP contribution in [0.4, 0.5) is 14.5 Å². The van der Waals surface area contributed by atoms with Crippen molar-refractivity contribution in [1.29, 1.82) is 0 Å². The highest BCUT2D eigenvalue weighted by Gasteiger charge is 2.39. The van der Waals surface area contributed by atoms with Gasteiger partial charge in [0.2, 0.25) is 11.8 Å². The van der Waals surface area contributed by atoms with Crippen LogP contribution in [-0.4, -0.2) is 43.5 Å². The van der Waals surface area contributed by atoms with Gasteiger partial charge in [-0.3, -0.25) is 9.59 Å². The Morgan fingerprint density at radius 3 is 2.58 bits per heavy atom. The largest absolute Gasteiger partial charge is 0.490 e. The minimum Gasteiger partial charge on any atom is -0.490 e. The van der Waals surface area contributed by atoms with E-state index in [9.17, 15) is 18.4 Å². The first-order chi connectivity index (χ1) is 14.8. The highest BCUT2D eigenvalue weighted by molar-refractivity contribution is 6.30. The highest BCUT2D eigenvalue weighted by atomic mass is 35.5. The lowest BCUT2D eigenvalue weighted by Gasteiger charge is -2.22. The first-order valence-electron chi connectivity index (χ1n) is 9.82. The molecule has 1 aliphatic heterocycles. The molecule has 2 aromatic carbocycles. The molecule has 0 aromatic heterocycles. The third-order valence-electron chi connectivity index (χ3n) is 4.96. The lowest BCUT2D eigenvalue weighted by molar-refractivity contribution is -0.139. The minimum absolute atomic E-state index is 0.0702. The summed E-state index contributed by atoms with van der Waals surface area (Å²) < 4.78 is 35.0. The van der Waals surface area contributed by atoms with Crippen molar-refractivity contribution < 1.29 is 27.8 Å². The summed E-state index contributed by atoms with van der Waals surface area (Å²) >= 11 is 5.90. The van der Waals surface area contributed by atoms with Gasteiger partial charge in [-0.15, -0.1) is 0 Å². The van der Waals surface area contributed by atoms with Crippen LogP contribution in [0.25, 0.3) is 0 Å². The van der Waals surface area contributed by atoms with Crippen molar-refractivity contribution in [3.63, 3.8) is 0 Å². The van der Waals surface area contributed by atoms with E-state index in [1.165, 1.54) is 11.0 Å². The summed E-state index contributed by atoms with van der Waals surface area (Å²) in [4.78, 5) is 28.8. The fourth-order valence-corrected chi connectivity index (χ4v) is 3.64. The number of carbonyl (C=O) groups is 2. The molecule has 1 heterocycles. The van der Waals surface area contributed by atoms with E-state index in [1.807, 2.05) is 0 Å². The Kier molecular flexibility index (Phi) is 7.33. The second-order valence-electron chi connectivity index (χ2n) is 7.09. The lowest BCUT2D eigenvalue weighted by atomic mass is 10.1. The molecule has 0 aliphatic carbocycles. The SMILES string of the molecule is CCOc1cc(CN(C)C(=O)C2CCN(c3ccc(Cl)cc3)C2=O)ccc1OC(F)F. The summed E-state index contributed by atoms with van der Waals surface area (Å²) in [7, 11) is 1.60. The number of nitrogens with zero attached hydrogens (tertiary/aromatic N) is 2. The van der Waals surface area contributed by atoms with Crippen molar-refractivity contribution in [2.45, 2.75) is 26.5 Å². The van der Waals surface area contributed by atoms with Gasteiger partial charge in [0.05, 0.1) is 6.61 Å². The second kappa shape index (κ2) is 9.96. The quantitative estimate of drug-likeness (QED) is 0.559. The number of rotatable bonds is 8. The summed E-state index contributed by atoms with van der Waals surface area (Å²) in [5.74, 6) is -1.22. The van der Waals surface area contributed by atoms with Crippen molar-refractivity contribution in [2.75, 3.05) is 25.1 Å². The number of hydrogen-bond acceptors (Lipinski definition) is 4.